The summed E-state index contributed by atoms with van der Waals surface area (Å²) >= 11 is 0. The van der Waals surface area contributed by atoms with Gasteiger partial charge < -0.3 is 4.74 Å². The fourth-order valence-electron chi connectivity index (χ4n) is 1.48. The van der Waals surface area contributed by atoms with Gasteiger partial charge in [-0.25, -0.2) is 4.79 Å². The summed E-state index contributed by atoms with van der Waals surface area (Å²) in [6.07, 6.45) is 1.63. The zero-order valence-corrected chi connectivity index (χ0v) is 11.3. The molecule has 0 aliphatic rings. The number of nitro groups is 1. The minimum absolute atomic E-state index is 0.0464. The van der Waals surface area contributed by atoms with Crippen LogP contribution in [0.5, 0.6) is 0 Å². The minimum Gasteiger partial charge on any atom is -0.460 e. The minimum atomic E-state index is -1.06. The molecule has 0 saturated carbocycles. The normalized spacial score (nSPS) is 10.3. The second-order valence-corrected chi connectivity index (χ2v) is 3.94. The lowest BCUT2D eigenvalue weighted by molar-refractivity contribution is -0.385. The average Bonchev–Trinajstić information content (AvgIpc) is 2.45. The first-order chi connectivity index (χ1) is 9.95. The lowest BCUT2D eigenvalue weighted by atomic mass is 10.1. The Morgan fingerprint density at radius 1 is 1.29 bits per heavy atom. The first kappa shape index (κ1) is 16.2. The Bertz CT molecular complexity index is 605. The van der Waals surface area contributed by atoms with E-state index in [1.54, 1.807) is 13.0 Å². The van der Waals surface area contributed by atoms with Crippen LogP contribution in [0.4, 0.5) is 5.69 Å². The number of ketones is 2. The number of benzene rings is 1. The highest BCUT2D eigenvalue weighted by Gasteiger charge is 2.17. The highest BCUT2D eigenvalue weighted by molar-refractivity contribution is 6.37. The predicted molar refractivity (Wildman–Crippen MR) is 73.4 cm³/mol. The molecule has 110 valence electrons. The van der Waals surface area contributed by atoms with Crippen LogP contribution in [0.1, 0.15) is 18.9 Å². The van der Waals surface area contributed by atoms with Crippen molar-refractivity contribution < 1.29 is 24.0 Å². The number of nitro benzene ring substituents is 1. The number of carbonyl (C=O) groups is 3. The van der Waals surface area contributed by atoms with Crippen molar-refractivity contribution in [1.82, 2.24) is 0 Å². The van der Waals surface area contributed by atoms with Gasteiger partial charge in [-0.3, -0.25) is 19.7 Å². The van der Waals surface area contributed by atoms with Gasteiger partial charge in [-0.15, -0.1) is 0 Å². The van der Waals surface area contributed by atoms with E-state index >= 15 is 0 Å². The van der Waals surface area contributed by atoms with Gasteiger partial charge in [0.2, 0.25) is 5.78 Å². The Morgan fingerprint density at radius 2 is 1.95 bits per heavy atom. The molecule has 0 heterocycles. The zero-order valence-electron chi connectivity index (χ0n) is 11.3. The van der Waals surface area contributed by atoms with E-state index in [1.807, 2.05) is 0 Å². The van der Waals surface area contributed by atoms with Crippen LogP contribution in [-0.2, 0) is 19.1 Å². The standard InChI is InChI=1S/C14H13NO6/c1-2-21-14(18)13(17)9-11(16)8-7-10-5-3-4-6-12(10)15(19)20/h3-8H,2,9H2,1H3/b8-7+. The van der Waals surface area contributed by atoms with Crippen molar-refractivity contribution in [1.29, 1.82) is 0 Å². The fraction of sp³-hybridized carbons (Fsp3) is 0.214. The lowest BCUT2D eigenvalue weighted by Crippen LogP contribution is -2.19. The van der Waals surface area contributed by atoms with E-state index < -0.39 is 28.9 Å². The maximum Gasteiger partial charge on any atom is 0.375 e. The fourth-order valence-corrected chi connectivity index (χ4v) is 1.48. The number of hydrogen-bond donors (Lipinski definition) is 0. The molecule has 0 spiro atoms. The lowest BCUT2D eigenvalue weighted by Gasteiger charge is -1.98. The number of Topliss-reactive ketones (excluding diaryl/α,β-unsaturated/α-hetero) is 1. The van der Waals surface area contributed by atoms with Gasteiger partial charge in [0.05, 0.1) is 23.5 Å². The molecular weight excluding hydrogens is 278 g/mol. The maximum atomic E-state index is 11.5. The molecule has 1 aromatic rings. The van der Waals surface area contributed by atoms with Crippen molar-refractivity contribution in [3.63, 3.8) is 0 Å². The third-order valence-corrected chi connectivity index (χ3v) is 2.42. The van der Waals surface area contributed by atoms with Gasteiger partial charge in [0.25, 0.3) is 5.69 Å². The number of esters is 1. The molecule has 0 bridgehead atoms. The van der Waals surface area contributed by atoms with Gasteiger partial charge >= 0.3 is 5.97 Å². The van der Waals surface area contributed by atoms with Crippen molar-refractivity contribution >= 4 is 29.3 Å². The van der Waals surface area contributed by atoms with Crippen molar-refractivity contribution in [3.05, 3.63) is 46.0 Å². The van der Waals surface area contributed by atoms with Crippen LogP contribution in [0.2, 0.25) is 0 Å². The number of allylic oxidation sites excluding steroid dienone is 1. The van der Waals surface area contributed by atoms with E-state index in [0.717, 1.165) is 6.08 Å². The quantitative estimate of drug-likeness (QED) is 0.189. The van der Waals surface area contributed by atoms with Gasteiger partial charge in [-0.2, -0.15) is 0 Å². The molecule has 0 saturated heterocycles. The van der Waals surface area contributed by atoms with Crippen LogP contribution in [0, 0.1) is 10.1 Å². The number of carbonyl (C=O) groups excluding carboxylic acids is 3. The molecule has 1 rings (SSSR count). The molecule has 7 nitrogen and oxygen atoms in total. The van der Waals surface area contributed by atoms with E-state index in [9.17, 15) is 24.5 Å². The number of ether oxygens (including phenoxy) is 1. The van der Waals surface area contributed by atoms with Gasteiger partial charge in [0.1, 0.15) is 0 Å². The Kier molecular flexibility index (Phi) is 5.94. The van der Waals surface area contributed by atoms with Crippen molar-refractivity contribution in [2.45, 2.75) is 13.3 Å². The third-order valence-electron chi connectivity index (χ3n) is 2.42. The van der Waals surface area contributed by atoms with E-state index in [1.165, 1.54) is 24.3 Å². The van der Waals surface area contributed by atoms with Crippen molar-refractivity contribution in [2.24, 2.45) is 0 Å². The first-order valence-corrected chi connectivity index (χ1v) is 6.10. The van der Waals surface area contributed by atoms with E-state index in [0.29, 0.717) is 0 Å². The molecule has 0 aliphatic carbocycles. The summed E-state index contributed by atoms with van der Waals surface area (Å²) in [5.74, 6) is -2.65. The molecule has 0 aromatic heterocycles. The summed E-state index contributed by atoms with van der Waals surface area (Å²) in [5.41, 5.74) is 0.0812. The molecular formula is C14H13NO6. The molecule has 0 fully saturated rings. The van der Waals surface area contributed by atoms with Crippen LogP contribution < -0.4 is 0 Å². The predicted octanol–water partition coefficient (Wildman–Crippen LogP) is 1.70. The summed E-state index contributed by atoms with van der Waals surface area (Å²) in [5, 5.41) is 10.8. The molecule has 0 amide bonds. The molecule has 7 heteroatoms. The summed E-state index contributed by atoms with van der Waals surface area (Å²) < 4.78 is 4.46. The van der Waals surface area contributed by atoms with E-state index in [4.69, 9.17) is 0 Å². The van der Waals surface area contributed by atoms with Gasteiger partial charge in [-0.05, 0) is 25.1 Å². The Morgan fingerprint density at radius 3 is 2.57 bits per heavy atom. The number of nitrogens with zero attached hydrogens (tertiary/aromatic N) is 1. The monoisotopic (exact) mass is 291 g/mol. The number of para-hydroxylation sites is 1. The van der Waals surface area contributed by atoms with E-state index in [-0.39, 0.29) is 17.9 Å². The summed E-state index contributed by atoms with van der Waals surface area (Å²) in [6, 6.07) is 5.85. The van der Waals surface area contributed by atoms with Crippen molar-refractivity contribution in [3.8, 4) is 0 Å². The maximum absolute atomic E-state index is 11.5. The van der Waals surface area contributed by atoms with Crippen LogP contribution in [0.15, 0.2) is 30.3 Å². The molecule has 0 atom stereocenters. The van der Waals surface area contributed by atoms with Gasteiger partial charge in [-0.1, -0.05) is 12.1 Å². The first-order valence-electron chi connectivity index (χ1n) is 6.10. The smallest absolute Gasteiger partial charge is 0.375 e. The molecule has 1 aromatic carbocycles. The van der Waals surface area contributed by atoms with Crippen LogP contribution >= 0.6 is 0 Å². The van der Waals surface area contributed by atoms with Crippen LogP contribution in [0.3, 0.4) is 0 Å². The zero-order chi connectivity index (χ0) is 15.8. The summed E-state index contributed by atoms with van der Waals surface area (Å²) in [4.78, 5) is 44.1. The van der Waals surface area contributed by atoms with Gasteiger partial charge in [0.15, 0.2) is 5.78 Å². The highest BCUT2D eigenvalue weighted by Crippen LogP contribution is 2.18. The van der Waals surface area contributed by atoms with Gasteiger partial charge in [0, 0.05) is 6.07 Å². The second kappa shape index (κ2) is 7.68. The Balaban J connectivity index is 2.73. The summed E-state index contributed by atoms with van der Waals surface area (Å²) in [6.45, 7) is 1.59. The Hall–Kier alpha value is -2.83. The van der Waals surface area contributed by atoms with Crippen molar-refractivity contribution in [2.75, 3.05) is 6.61 Å². The third kappa shape index (κ3) is 4.98. The Labute approximate surface area is 120 Å². The largest absolute Gasteiger partial charge is 0.460 e. The average molecular weight is 291 g/mol. The molecule has 0 radical (unpaired) electrons. The van der Waals surface area contributed by atoms with Crippen LogP contribution in [-0.4, -0.2) is 29.1 Å². The molecule has 0 N–H and O–H groups in total. The second-order valence-electron chi connectivity index (χ2n) is 3.94. The number of rotatable bonds is 7. The molecule has 21 heavy (non-hydrogen) atoms. The van der Waals surface area contributed by atoms with Crippen LogP contribution in [0.25, 0.3) is 6.08 Å². The number of hydrogen-bond acceptors (Lipinski definition) is 6. The summed E-state index contributed by atoms with van der Waals surface area (Å²) in [7, 11) is 0. The highest BCUT2D eigenvalue weighted by atomic mass is 16.6. The molecule has 0 aliphatic heterocycles. The SMILES string of the molecule is CCOC(=O)C(=O)CC(=O)/C=C/c1ccccc1[N+](=O)[O-]. The van der Waals surface area contributed by atoms with E-state index in [2.05, 4.69) is 4.74 Å². The molecule has 0 unspecified atom stereocenters. The topological polar surface area (TPSA) is 104 Å².